The molecule has 3 aromatic heterocycles. The Hall–Kier alpha value is -8.17. The van der Waals surface area contributed by atoms with Gasteiger partial charge in [-0.3, -0.25) is 9.36 Å². The molecule has 5 aromatic carbocycles. The molecular formula is C45H41BrClN13O5. The first-order valence-electron chi connectivity index (χ1n) is 19.1. The number of ether oxygens (including phenoxy) is 2. The molecule has 330 valence electrons. The molecular weight excluding hydrogens is 918 g/mol. The summed E-state index contributed by atoms with van der Waals surface area (Å²) in [6, 6.07) is 42.4. The molecule has 20 heteroatoms. The second-order valence-electron chi connectivity index (χ2n) is 12.5. The van der Waals surface area contributed by atoms with E-state index < -0.39 is 11.9 Å². The first-order valence-corrected chi connectivity index (χ1v) is 20.3. The van der Waals surface area contributed by atoms with Crippen LogP contribution >= 0.6 is 27.5 Å². The molecule has 0 aliphatic rings. The van der Waals surface area contributed by atoms with E-state index in [0.717, 1.165) is 21.4 Å². The fraction of sp³-hybridized carbons (Fsp3) is 0.133. The molecule has 0 bridgehead atoms. The Labute approximate surface area is 386 Å². The van der Waals surface area contributed by atoms with Crippen molar-refractivity contribution >= 4 is 62.1 Å². The van der Waals surface area contributed by atoms with Crippen LogP contribution in [-0.2, 0) is 14.3 Å². The summed E-state index contributed by atoms with van der Waals surface area (Å²) in [5.74, 6) is -0.342. The van der Waals surface area contributed by atoms with Gasteiger partial charge in [0.15, 0.2) is 17.0 Å². The number of halogens is 2. The van der Waals surface area contributed by atoms with Crippen LogP contribution in [0.2, 0.25) is 5.02 Å². The Bertz CT molecular complexity index is 2940. The zero-order valence-electron chi connectivity index (χ0n) is 34.1. The van der Waals surface area contributed by atoms with Gasteiger partial charge in [0.25, 0.3) is 5.56 Å². The first-order chi connectivity index (χ1) is 31.1. The van der Waals surface area contributed by atoms with E-state index in [0.29, 0.717) is 34.5 Å². The Morgan fingerprint density at radius 3 is 1.89 bits per heavy atom. The van der Waals surface area contributed by atoms with Gasteiger partial charge in [-0.2, -0.15) is 9.36 Å². The fourth-order valence-electron chi connectivity index (χ4n) is 5.44. The van der Waals surface area contributed by atoms with Crippen molar-refractivity contribution in [3.05, 3.63) is 187 Å². The van der Waals surface area contributed by atoms with E-state index in [4.69, 9.17) is 39.2 Å². The van der Waals surface area contributed by atoms with Gasteiger partial charge in [0.2, 0.25) is 5.69 Å². The third-order valence-electron chi connectivity index (χ3n) is 8.27. The first kappa shape index (κ1) is 49.5. The molecule has 0 aliphatic heterocycles. The Kier molecular flexibility index (Phi) is 19.1. The van der Waals surface area contributed by atoms with Crippen LogP contribution in [0.25, 0.3) is 54.9 Å². The van der Waals surface area contributed by atoms with Gasteiger partial charge in [-0.25, -0.2) is 21.1 Å². The van der Waals surface area contributed by atoms with Gasteiger partial charge < -0.3 is 20.1 Å². The van der Waals surface area contributed by atoms with Crippen molar-refractivity contribution in [2.24, 2.45) is 5.11 Å². The minimum atomic E-state index is -0.563. The molecule has 65 heavy (non-hydrogen) atoms. The summed E-state index contributed by atoms with van der Waals surface area (Å²) in [6.45, 7) is 10.1. The minimum absolute atomic E-state index is 0. The molecule has 0 amide bonds. The average Bonchev–Trinajstić information content (AvgIpc) is 3.93. The van der Waals surface area contributed by atoms with E-state index in [1.807, 2.05) is 103 Å². The third-order valence-corrected chi connectivity index (χ3v) is 9.05. The molecule has 3 heterocycles. The number of esters is 2. The number of nitrogens with zero attached hydrogens (tertiary/aromatic N) is 12. The van der Waals surface area contributed by atoms with E-state index >= 15 is 0 Å². The molecule has 0 saturated carbocycles. The van der Waals surface area contributed by atoms with E-state index in [1.54, 1.807) is 54.9 Å². The van der Waals surface area contributed by atoms with Crippen LogP contribution in [0.4, 0.5) is 11.5 Å². The topological polar surface area (TPSA) is 228 Å². The standard InChI is InChI=1S/C22H13BrClN5O.C11H12N4O2.C6H5N3.C5H7NO2.CH4/c23-15-8-6-14(7-9-15)20-25-21-19(26-27-29(21)18-4-2-1-3-5-18)22(30)28(20)17-12-10-16(24)11-13-17;1-2-17-11(16)9-10(12)15(14-13-9)8-6-4-3-5-7-8;7-9-8-6-4-2-1-3-5-6;1-3-8-5(7)4-6-2;/h1-13H;3-7H,2,12H2,1H3;1-5H;3-4H2,1H3;1H4. The van der Waals surface area contributed by atoms with Crippen molar-refractivity contribution in [2.75, 3.05) is 25.5 Å². The molecule has 0 unspecified atom stereocenters. The number of nitrogen functional groups attached to an aromatic ring is 1. The summed E-state index contributed by atoms with van der Waals surface area (Å²) in [5, 5.41) is 19.8. The van der Waals surface area contributed by atoms with Gasteiger partial charge in [-0.15, -0.1) is 10.2 Å². The fourth-order valence-corrected chi connectivity index (χ4v) is 5.84. The number of aromatic nitrogens is 8. The van der Waals surface area contributed by atoms with Crippen molar-refractivity contribution in [2.45, 2.75) is 21.3 Å². The summed E-state index contributed by atoms with van der Waals surface area (Å²) in [5.41, 5.74) is 17.7. The van der Waals surface area contributed by atoms with Crippen LogP contribution < -0.4 is 11.3 Å². The zero-order valence-corrected chi connectivity index (χ0v) is 36.5. The summed E-state index contributed by atoms with van der Waals surface area (Å²) >= 11 is 9.50. The maximum Gasteiger partial charge on any atom is 0.387 e. The zero-order chi connectivity index (χ0) is 45.8. The summed E-state index contributed by atoms with van der Waals surface area (Å²) in [4.78, 5) is 45.5. The van der Waals surface area contributed by atoms with Crippen LogP contribution in [0.5, 0.6) is 0 Å². The van der Waals surface area contributed by atoms with Gasteiger partial charge in [-0.05, 0) is 80.0 Å². The van der Waals surface area contributed by atoms with Crippen molar-refractivity contribution in [1.82, 2.24) is 39.5 Å². The monoisotopic (exact) mass is 957 g/mol. The molecule has 18 nitrogen and oxygen atoms in total. The van der Waals surface area contributed by atoms with Gasteiger partial charge in [0.05, 0.1) is 30.3 Å². The van der Waals surface area contributed by atoms with Crippen LogP contribution in [0, 0.1) is 6.57 Å². The lowest BCUT2D eigenvalue weighted by Gasteiger charge is -2.13. The smallest absolute Gasteiger partial charge is 0.387 e. The molecule has 8 rings (SSSR count). The molecule has 8 aromatic rings. The molecule has 0 saturated heterocycles. The molecule has 0 fully saturated rings. The highest BCUT2D eigenvalue weighted by Gasteiger charge is 2.21. The molecule has 0 aliphatic carbocycles. The van der Waals surface area contributed by atoms with Gasteiger partial charge in [0.1, 0.15) is 5.82 Å². The van der Waals surface area contributed by atoms with E-state index in [1.165, 1.54) is 9.25 Å². The van der Waals surface area contributed by atoms with E-state index in [9.17, 15) is 14.4 Å². The van der Waals surface area contributed by atoms with Crippen molar-refractivity contribution in [3.63, 3.8) is 0 Å². The lowest BCUT2D eigenvalue weighted by Crippen LogP contribution is -2.22. The van der Waals surface area contributed by atoms with Gasteiger partial charge in [0, 0.05) is 25.7 Å². The lowest BCUT2D eigenvalue weighted by molar-refractivity contribution is -0.140. The maximum absolute atomic E-state index is 13.5. The third kappa shape index (κ3) is 13.4. The van der Waals surface area contributed by atoms with Gasteiger partial charge in [-0.1, -0.05) is 129 Å². The normalized spacial score (nSPS) is 9.83. The maximum atomic E-state index is 13.5. The predicted molar refractivity (Wildman–Crippen MR) is 252 cm³/mol. The van der Waals surface area contributed by atoms with E-state index in [-0.39, 0.29) is 43.2 Å². The predicted octanol–water partition coefficient (Wildman–Crippen LogP) is 9.81. The number of benzene rings is 5. The van der Waals surface area contributed by atoms with Crippen molar-refractivity contribution in [3.8, 4) is 28.5 Å². The van der Waals surface area contributed by atoms with Crippen LogP contribution in [0.15, 0.2) is 154 Å². The number of hydrogen-bond donors (Lipinski definition) is 1. The Morgan fingerprint density at radius 2 is 1.34 bits per heavy atom. The molecule has 0 atom stereocenters. The summed E-state index contributed by atoms with van der Waals surface area (Å²) in [7, 11) is 0. The average molecular weight is 959 g/mol. The Morgan fingerprint density at radius 1 is 0.785 bits per heavy atom. The van der Waals surface area contributed by atoms with Crippen LogP contribution in [-0.4, -0.2) is 71.2 Å². The number of anilines is 1. The number of para-hydroxylation sites is 2. The van der Waals surface area contributed by atoms with E-state index in [2.05, 4.69) is 56.2 Å². The summed E-state index contributed by atoms with van der Waals surface area (Å²) in [6.07, 6.45) is 0. The highest BCUT2D eigenvalue weighted by molar-refractivity contribution is 9.10. The second-order valence-corrected chi connectivity index (χ2v) is 13.9. The number of carbonyl (C=O) groups excluding carboxylic acids is 2. The number of carbonyl (C=O) groups is 2. The molecule has 0 spiro atoms. The quantitative estimate of drug-likeness (QED) is 0.0471. The highest BCUT2D eigenvalue weighted by Crippen LogP contribution is 2.25. The number of fused-ring (bicyclic) bond motifs is 1. The second kappa shape index (κ2) is 25.1. The summed E-state index contributed by atoms with van der Waals surface area (Å²) < 4.78 is 14.7. The van der Waals surface area contributed by atoms with Crippen LogP contribution in [0.3, 0.4) is 0 Å². The lowest BCUT2D eigenvalue weighted by atomic mass is 10.2. The SMILES string of the molecule is C.CCOC(=O)c1nnn(-c2ccccc2)c1N.O=c1c2nnn(-c3ccccc3)c2nc(-c2ccc(Br)cc2)n1-c1ccc(Cl)cc1.[C-]#[N+]CC(=O)OCC.[N-]=[N+]=Nc1ccccc1. The number of nitrogens with two attached hydrogens (primary N) is 1. The molecule has 2 N–H and O–H groups in total. The highest BCUT2D eigenvalue weighted by atomic mass is 79.9. The number of azide groups is 1. The Balaban J connectivity index is 0.000000222. The minimum Gasteiger partial charge on any atom is -0.461 e. The molecule has 0 radical (unpaired) electrons. The van der Waals surface area contributed by atoms with Crippen molar-refractivity contribution < 1.29 is 19.1 Å². The number of rotatable bonds is 9. The number of hydrogen-bond acceptors (Lipinski definition) is 12. The van der Waals surface area contributed by atoms with Gasteiger partial charge >= 0.3 is 18.5 Å². The van der Waals surface area contributed by atoms with Crippen molar-refractivity contribution in [1.29, 1.82) is 0 Å². The largest absolute Gasteiger partial charge is 0.461 e. The van der Waals surface area contributed by atoms with Crippen LogP contribution in [0.1, 0.15) is 31.8 Å².